The molecule has 5 nitrogen and oxygen atoms in total. The Bertz CT molecular complexity index is 443. The van der Waals surface area contributed by atoms with Crippen molar-refractivity contribution in [2.24, 2.45) is 5.73 Å². The van der Waals surface area contributed by atoms with Crippen LogP contribution in [0.2, 0.25) is 0 Å². The molecule has 0 bridgehead atoms. The molecule has 76 valence electrons. The lowest BCUT2D eigenvalue weighted by Crippen LogP contribution is -2.22. The Morgan fingerprint density at radius 3 is 2.64 bits per heavy atom. The molecule has 0 aliphatic rings. The van der Waals surface area contributed by atoms with Gasteiger partial charge in [0.1, 0.15) is 5.01 Å². The van der Waals surface area contributed by atoms with E-state index < -0.39 is 0 Å². The number of aromatic nitrogens is 4. The highest BCUT2D eigenvalue weighted by molar-refractivity contribution is 7.16. The van der Waals surface area contributed by atoms with Gasteiger partial charge in [0.15, 0.2) is 5.82 Å². The van der Waals surface area contributed by atoms with Crippen molar-refractivity contribution in [1.82, 2.24) is 19.8 Å². The van der Waals surface area contributed by atoms with Gasteiger partial charge in [0, 0.05) is 12.0 Å². The van der Waals surface area contributed by atoms with Crippen LogP contribution in [0.15, 0.2) is 0 Å². The Morgan fingerprint density at radius 1 is 1.36 bits per heavy atom. The summed E-state index contributed by atoms with van der Waals surface area (Å²) in [6.45, 7) is 5.95. The van der Waals surface area contributed by atoms with E-state index >= 15 is 0 Å². The number of rotatable bonds is 2. The smallest absolute Gasteiger partial charge is 0.234 e. The van der Waals surface area contributed by atoms with Crippen LogP contribution in [0.3, 0.4) is 0 Å². The number of fused-ring (bicyclic) bond motifs is 1. The highest BCUT2D eigenvalue weighted by Crippen LogP contribution is 2.23. The molecular weight excluding hydrogens is 198 g/mol. The molecule has 6 heteroatoms. The molecule has 2 unspecified atom stereocenters. The van der Waals surface area contributed by atoms with Gasteiger partial charge in [0.05, 0.1) is 0 Å². The fourth-order valence-electron chi connectivity index (χ4n) is 1.14. The first-order valence-electron chi connectivity index (χ1n) is 4.54. The quantitative estimate of drug-likeness (QED) is 0.802. The van der Waals surface area contributed by atoms with Gasteiger partial charge in [0.25, 0.3) is 0 Å². The fourth-order valence-corrected chi connectivity index (χ4v) is 2.19. The van der Waals surface area contributed by atoms with Gasteiger partial charge in [-0.05, 0) is 13.8 Å². The van der Waals surface area contributed by atoms with Gasteiger partial charge >= 0.3 is 0 Å². The van der Waals surface area contributed by atoms with E-state index in [0.717, 1.165) is 15.8 Å². The van der Waals surface area contributed by atoms with Gasteiger partial charge in [-0.2, -0.15) is 9.61 Å². The highest BCUT2D eigenvalue weighted by atomic mass is 32.1. The second-order valence-electron chi connectivity index (χ2n) is 3.53. The van der Waals surface area contributed by atoms with E-state index in [2.05, 4.69) is 22.2 Å². The standard InChI is InChI=1S/C8H13N5S/c1-4(5(2)9)7-12-13-6(3)10-11-8(13)14-7/h4-5H,9H2,1-3H3. The van der Waals surface area contributed by atoms with Crippen LogP contribution in [0.1, 0.15) is 30.6 Å². The third-order valence-corrected chi connectivity index (χ3v) is 3.44. The van der Waals surface area contributed by atoms with Crippen molar-refractivity contribution < 1.29 is 0 Å². The van der Waals surface area contributed by atoms with Crippen LogP contribution in [-0.2, 0) is 0 Å². The number of hydrogen-bond acceptors (Lipinski definition) is 5. The Hall–Kier alpha value is -1.01. The van der Waals surface area contributed by atoms with Crippen molar-refractivity contribution in [3.05, 3.63) is 10.8 Å². The van der Waals surface area contributed by atoms with Crippen molar-refractivity contribution in [1.29, 1.82) is 0 Å². The van der Waals surface area contributed by atoms with Gasteiger partial charge in [-0.25, -0.2) is 0 Å². The molecule has 14 heavy (non-hydrogen) atoms. The van der Waals surface area contributed by atoms with Gasteiger partial charge in [-0.3, -0.25) is 0 Å². The normalized spacial score (nSPS) is 16.0. The summed E-state index contributed by atoms with van der Waals surface area (Å²) in [6, 6.07) is 0.110. The van der Waals surface area contributed by atoms with Gasteiger partial charge < -0.3 is 5.73 Å². The van der Waals surface area contributed by atoms with E-state index in [1.165, 1.54) is 0 Å². The summed E-state index contributed by atoms with van der Waals surface area (Å²) in [5.74, 6) is 1.08. The van der Waals surface area contributed by atoms with E-state index in [1.54, 1.807) is 15.9 Å². The molecule has 2 aromatic rings. The Morgan fingerprint density at radius 2 is 2.07 bits per heavy atom. The van der Waals surface area contributed by atoms with Crippen LogP contribution in [0.25, 0.3) is 4.96 Å². The van der Waals surface area contributed by atoms with Gasteiger partial charge in [-0.1, -0.05) is 18.3 Å². The molecule has 0 radical (unpaired) electrons. The summed E-state index contributed by atoms with van der Waals surface area (Å²) in [4.78, 5) is 0.838. The van der Waals surface area contributed by atoms with E-state index in [0.29, 0.717) is 0 Å². The first-order chi connectivity index (χ1) is 6.59. The maximum absolute atomic E-state index is 5.82. The number of nitrogens with zero attached hydrogens (tertiary/aromatic N) is 4. The zero-order chi connectivity index (χ0) is 10.3. The lowest BCUT2D eigenvalue weighted by Gasteiger charge is -2.10. The first kappa shape index (κ1) is 9.54. The summed E-state index contributed by atoms with van der Waals surface area (Å²) in [6.07, 6.45) is 0. The van der Waals surface area contributed by atoms with E-state index in [4.69, 9.17) is 5.73 Å². The molecule has 0 spiro atoms. The Labute approximate surface area is 86.0 Å². The summed E-state index contributed by atoms with van der Waals surface area (Å²) < 4.78 is 1.76. The predicted molar refractivity (Wildman–Crippen MR) is 55.5 cm³/mol. The van der Waals surface area contributed by atoms with Crippen LogP contribution < -0.4 is 5.73 Å². The molecule has 2 N–H and O–H groups in total. The molecule has 0 aromatic carbocycles. The van der Waals surface area contributed by atoms with E-state index in [1.807, 2.05) is 13.8 Å². The summed E-state index contributed by atoms with van der Waals surface area (Å²) in [7, 11) is 0. The first-order valence-corrected chi connectivity index (χ1v) is 5.35. The molecule has 2 atom stereocenters. The summed E-state index contributed by atoms with van der Waals surface area (Å²) in [5, 5.41) is 13.4. The van der Waals surface area contributed by atoms with E-state index in [9.17, 15) is 0 Å². The average molecular weight is 211 g/mol. The zero-order valence-corrected chi connectivity index (χ0v) is 9.25. The second kappa shape index (κ2) is 3.29. The number of nitrogens with two attached hydrogens (primary N) is 1. The van der Waals surface area contributed by atoms with Crippen LogP contribution >= 0.6 is 11.3 Å². The topological polar surface area (TPSA) is 69.1 Å². The average Bonchev–Trinajstić information content (AvgIpc) is 2.67. The minimum absolute atomic E-state index is 0.110. The van der Waals surface area contributed by atoms with Crippen molar-refractivity contribution in [2.75, 3.05) is 0 Å². The van der Waals surface area contributed by atoms with Gasteiger partial charge in [-0.15, -0.1) is 10.2 Å². The third kappa shape index (κ3) is 1.40. The monoisotopic (exact) mass is 211 g/mol. The molecular formula is C8H13N5S. The van der Waals surface area contributed by atoms with Gasteiger partial charge in [0.2, 0.25) is 4.96 Å². The molecule has 0 saturated carbocycles. The lowest BCUT2D eigenvalue weighted by atomic mass is 10.1. The molecule has 2 heterocycles. The molecule has 2 rings (SSSR count). The van der Waals surface area contributed by atoms with Crippen molar-refractivity contribution in [2.45, 2.75) is 32.7 Å². The maximum atomic E-state index is 5.82. The van der Waals surface area contributed by atoms with Crippen LogP contribution in [0.4, 0.5) is 0 Å². The molecule has 0 aliphatic carbocycles. The summed E-state index contributed by atoms with van der Waals surface area (Å²) in [5.41, 5.74) is 5.82. The third-order valence-electron chi connectivity index (χ3n) is 2.34. The highest BCUT2D eigenvalue weighted by Gasteiger charge is 2.17. The molecule has 2 aromatic heterocycles. The number of aryl methyl sites for hydroxylation is 1. The van der Waals surface area contributed by atoms with Crippen molar-refractivity contribution >= 4 is 16.3 Å². The zero-order valence-electron chi connectivity index (χ0n) is 8.43. The molecule has 0 fully saturated rings. The molecule has 0 aliphatic heterocycles. The van der Waals surface area contributed by atoms with Crippen LogP contribution in [0.5, 0.6) is 0 Å². The fraction of sp³-hybridized carbons (Fsp3) is 0.625. The Balaban J connectivity index is 2.45. The lowest BCUT2D eigenvalue weighted by molar-refractivity contribution is 0.600. The molecule has 0 saturated heterocycles. The largest absolute Gasteiger partial charge is 0.327 e. The summed E-state index contributed by atoms with van der Waals surface area (Å²) >= 11 is 1.55. The van der Waals surface area contributed by atoms with Crippen LogP contribution in [-0.4, -0.2) is 25.9 Å². The SMILES string of the molecule is Cc1nnc2sc(C(C)C(C)N)nn12. The van der Waals surface area contributed by atoms with Crippen molar-refractivity contribution in [3.8, 4) is 0 Å². The minimum Gasteiger partial charge on any atom is -0.327 e. The van der Waals surface area contributed by atoms with E-state index in [-0.39, 0.29) is 12.0 Å². The maximum Gasteiger partial charge on any atom is 0.234 e. The predicted octanol–water partition coefficient (Wildman–Crippen LogP) is 0.945. The second-order valence-corrected chi connectivity index (χ2v) is 4.52. The Kier molecular flexibility index (Phi) is 2.24. The van der Waals surface area contributed by atoms with Crippen LogP contribution in [0, 0.1) is 6.92 Å². The number of hydrogen-bond donors (Lipinski definition) is 1. The minimum atomic E-state index is 0.110. The van der Waals surface area contributed by atoms with Crippen molar-refractivity contribution in [3.63, 3.8) is 0 Å². The molecule has 0 amide bonds.